The van der Waals surface area contributed by atoms with Crippen LogP contribution in [-0.2, 0) is 4.79 Å². The van der Waals surface area contributed by atoms with Crippen LogP contribution in [-0.4, -0.2) is 12.5 Å². The lowest BCUT2D eigenvalue weighted by Gasteiger charge is -2.08. The van der Waals surface area contributed by atoms with E-state index in [2.05, 4.69) is 17.2 Å². The van der Waals surface area contributed by atoms with Gasteiger partial charge in [0, 0.05) is 17.7 Å². The molecule has 0 saturated carbocycles. The molecule has 0 bridgehead atoms. The van der Waals surface area contributed by atoms with E-state index in [-0.39, 0.29) is 12.5 Å². The lowest BCUT2D eigenvalue weighted by molar-refractivity contribution is -0.116. The molecule has 0 heterocycles. The highest BCUT2D eigenvalue weighted by Crippen LogP contribution is 2.20. The maximum atomic E-state index is 11.6. The van der Waals surface area contributed by atoms with Crippen LogP contribution >= 0.6 is 11.6 Å². The number of halogens is 1. The third kappa shape index (κ3) is 4.79. The Bertz CT molecular complexity index is 486. The SMILES string of the molecule is CC(C)CC(=O)Nc1ccc(Cl)c(C#CCN)c1. The number of nitrogens with one attached hydrogen (secondary N) is 1. The summed E-state index contributed by atoms with van der Waals surface area (Å²) in [4.78, 5) is 11.6. The Kier molecular flexibility index (Phi) is 5.70. The van der Waals surface area contributed by atoms with Crippen molar-refractivity contribution in [2.24, 2.45) is 11.7 Å². The number of hydrogen-bond acceptors (Lipinski definition) is 2. The topological polar surface area (TPSA) is 55.1 Å². The van der Waals surface area contributed by atoms with E-state index in [9.17, 15) is 4.79 Å². The molecule has 18 heavy (non-hydrogen) atoms. The zero-order chi connectivity index (χ0) is 13.5. The molecule has 1 amide bonds. The van der Waals surface area contributed by atoms with Gasteiger partial charge < -0.3 is 11.1 Å². The summed E-state index contributed by atoms with van der Waals surface area (Å²) in [6, 6.07) is 5.23. The van der Waals surface area contributed by atoms with Gasteiger partial charge in [-0.2, -0.15) is 0 Å². The van der Waals surface area contributed by atoms with Gasteiger partial charge in [-0.25, -0.2) is 0 Å². The molecule has 1 aromatic rings. The molecule has 0 atom stereocenters. The van der Waals surface area contributed by atoms with Crippen molar-refractivity contribution in [2.75, 3.05) is 11.9 Å². The zero-order valence-corrected chi connectivity index (χ0v) is 11.3. The first-order valence-electron chi connectivity index (χ1n) is 5.81. The van der Waals surface area contributed by atoms with Crippen molar-refractivity contribution in [2.45, 2.75) is 20.3 Å². The molecule has 0 fully saturated rings. The van der Waals surface area contributed by atoms with E-state index < -0.39 is 0 Å². The third-order valence-electron chi connectivity index (χ3n) is 2.17. The summed E-state index contributed by atoms with van der Waals surface area (Å²) in [5.74, 6) is 5.93. The molecular formula is C14H17ClN2O. The predicted molar refractivity (Wildman–Crippen MR) is 75.5 cm³/mol. The molecule has 0 unspecified atom stereocenters. The first kappa shape index (κ1) is 14.6. The fraction of sp³-hybridized carbons (Fsp3) is 0.357. The molecule has 3 N–H and O–H groups in total. The summed E-state index contributed by atoms with van der Waals surface area (Å²) in [5, 5.41) is 3.37. The van der Waals surface area contributed by atoms with Gasteiger partial charge in [-0.3, -0.25) is 4.79 Å². The van der Waals surface area contributed by atoms with Gasteiger partial charge in [0.15, 0.2) is 0 Å². The Morgan fingerprint density at radius 3 is 2.83 bits per heavy atom. The molecule has 0 aromatic heterocycles. The monoisotopic (exact) mass is 264 g/mol. The average molecular weight is 265 g/mol. The molecule has 1 rings (SSSR count). The summed E-state index contributed by atoms with van der Waals surface area (Å²) >= 11 is 6.00. The molecule has 0 spiro atoms. The van der Waals surface area contributed by atoms with Crippen LogP contribution in [0.3, 0.4) is 0 Å². The predicted octanol–water partition coefficient (Wildman–Crippen LogP) is 2.63. The largest absolute Gasteiger partial charge is 0.326 e. The van der Waals surface area contributed by atoms with Crippen molar-refractivity contribution in [3.8, 4) is 11.8 Å². The van der Waals surface area contributed by atoms with Crippen LogP contribution in [0.5, 0.6) is 0 Å². The first-order chi connectivity index (χ1) is 8.52. The number of amides is 1. The van der Waals surface area contributed by atoms with Gasteiger partial charge in [-0.15, -0.1) is 0 Å². The van der Waals surface area contributed by atoms with Crippen LogP contribution in [0.15, 0.2) is 18.2 Å². The Morgan fingerprint density at radius 1 is 1.50 bits per heavy atom. The number of hydrogen-bond donors (Lipinski definition) is 2. The average Bonchev–Trinajstić information content (AvgIpc) is 2.28. The van der Waals surface area contributed by atoms with Gasteiger partial charge in [0.2, 0.25) is 5.91 Å². The van der Waals surface area contributed by atoms with E-state index in [1.165, 1.54) is 0 Å². The summed E-state index contributed by atoms with van der Waals surface area (Å²) < 4.78 is 0. The second-order valence-electron chi connectivity index (χ2n) is 4.35. The molecule has 0 aliphatic rings. The molecule has 1 aromatic carbocycles. The summed E-state index contributed by atoms with van der Waals surface area (Å²) in [6.45, 7) is 4.28. The minimum absolute atomic E-state index is 0.00921. The van der Waals surface area contributed by atoms with E-state index in [1.807, 2.05) is 13.8 Å². The Hall–Kier alpha value is -1.50. The molecule has 0 radical (unpaired) electrons. The Balaban J connectivity index is 2.82. The van der Waals surface area contributed by atoms with Crippen molar-refractivity contribution < 1.29 is 4.79 Å². The van der Waals surface area contributed by atoms with E-state index in [0.717, 1.165) is 0 Å². The lowest BCUT2D eigenvalue weighted by Crippen LogP contribution is -2.13. The molecule has 4 heteroatoms. The molecular weight excluding hydrogens is 248 g/mol. The normalized spacial score (nSPS) is 9.83. The molecule has 3 nitrogen and oxygen atoms in total. The molecule has 0 aliphatic heterocycles. The van der Waals surface area contributed by atoms with Crippen LogP contribution in [0, 0.1) is 17.8 Å². The van der Waals surface area contributed by atoms with Gasteiger partial charge >= 0.3 is 0 Å². The fourth-order valence-corrected chi connectivity index (χ4v) is 1.59. The maximum Gasteiger partial charge on any atom is 0.224 e. The van der Waals surface area contributed by atoms with Crippen LogP contribution in [0.25, 0.3) is 0 Å². The number of nitrogens with two attached hydrogens (primary N) is 1. The first-order valence-corrected chi connectivity index (χ1v) is 6.19. The second kappa shape index (κ2) is 7.05. The van der Waals surface area contributed by atoms with E-state index in [0.29, 0.717) is 28.6 Å². The quantitative estimate of drug-likeness (QED) is 0.825. The van der Waals surface area contributed by atoms with Crippen LogP contribution in [0.2, 0.25) is 5.02 Å². The highest BCUT2D eigenvalue weighted by molar-refractivity contribution is 6.31. The van der Waals surface area contributed by atoms with E-state index in [4.69, 9.17) is 17.3 Å². The standard InChI is InChI=1S/C14H17ClN2O/c1-10(2)8-14(18)17-12-5-6-13(15)11(9-12)4-3-7-16/h5-6,9-10H,7-8,16H2,1-2H3,(H,17,18). The minimum Gasteiger partial charge on any atom is -0.326 e. The van der Waals surface area contributed by atoms with Crippen molar-refractivity contribution in [1.29, 1.82) is 0 Å². The number of anilines is 1. The Morgan fingerprint density at radius 2 is 2.22 bits per heavy atom. The second-order valence-corrected chi connectivity index (χ2v) is 4.75. The fourth-order valence-electron chi connectivity index (χ4n) is 1.43. The van der Waals surface area contributed by atoms with Crippen molar-refractivity contribution in [3.05, 3.63) is 28.8 Å². The van der Waals surface area contributed by atoms with E-state index >= 15 is 0 Å². The van der Waals surface area contributed by atoms with Gasteiger partial charge in [-0.05, 0) is 24.1 Å². The van der Waals surface area contributed by atoms with Gasteiger partial charge in [-0.1, -0.05) is 37.3 Å². The van der Waals surface area contributed by atoms with Crippen molar-refractivity contribution >= 4 is 23.2 Å². The van der Waals surface area contributed by atoms with Crippen molar-refractivity contribution in [3.63, 3.8) is 0 Å². The van der Waals surface area contributed by atoms with Crippen LogP contribution < -0.4 is 11.1 Å². The number of benzene rings is 1. The molecule has 0 aliphatic carbocycles. The van der Waals surface area contributed by atoms with Crippen molar-refractivity contribution in [1.82, 2.24) is 0 Å². The number of rotatable bonds is 3. The van der Waals surface area contributed by atoms with Gasteiger partial charge in [0.25, 0.3) is 0 Å². The van der Waals surface area contributed by atoms with Gasteiger partial charge in [0.1, 0.15) is 0 Å². The third-order valence-corrected chi connectivity index (χ3v) is 2.50. The number of carbonyl (C=O) groups is 1. The van der Waals surface area contributed by atoms with Crippen LogP contribution in [0.1, 0.15) is 25.8 Å². The maximum absolute atomic E-state index is 11.6. The highest BCUT2D eigenvalue weighted by atomic mass is 35.5. The van der Waals surface area contributed by atoms with E-state index in [1.54, 1.807) is 18.2 Å². The molecule has 96 valence electrons. The summed E-state index contributed by atoms with van der Waals surface area (Å²) in [6.07, 6.45) is 0.492. The van der Waals surface area contributed by atoms with Crippen LogP contribution in [0.4, 0.5) is 5.69 Å². The smallest absolute Gasteiger partial charge is 0.224 e. The van der Waals surface area contributed by atoms with Gasteiger partial charge in [0.05, 0.1) is 11.6 Å². The summed E-state index contributed by atoms with van der Waals surface area (Å²) in [7, 11) is 0. The summed E-state index contributed by atoms with van der Waals surface area (Å²) in [5.41, 5.74) is 6.68. The Labute approximate surface area is 113 Å². The minimum atomic E-state index is -0.00921. The lowest BCUT2D eigenvalue weighted by atomic mass is 10.1. The highest BCUT2D eigenvalue weighted by Gasteiger charge is 2.06. The molecule has 0 saturated heterocycles. The zero-order valence-electron chi connectivity index (χ0n) is 10.6. The number of carbonyl (C=O) groups excluding carboxylic acids is 1.